The second-order valence-corrected chi connectivity index (χ2v) is 8.00. The van der Waals surface area contributed by atoms with Crippen molar-refractivity contribution in [3.05, 3.63) is 59.7 Å². The molecular formula is C24H30N2O4. The van der Waals surface area contributed by atoms with Gasteiger partial charge in [0.15, 0.2) is 0 Å². The smallest absolute Gasteiger partial charge is 0.320 e. The monoisotopic (exact) mass is 410 g/mol. The van der Waals surface area contributed by atoms with Gasteiger partial charge < -0.3 is 14.7 Å². The molecule has 0 saturated heterocycles. The van der Waals surface area contributed by atoms with Crippen molar-refractivity contribution in [3.63, 3.8) is 0 Å². The zero-order valence-corrected chi connectivity index (χ0v) is 17.8. The number of nitrogens with zero attached hydrogens (tertiary/aromatic N) is 1. The van der Waals surface area contributed by atoms with E-state index in [0.29, 0.717) is 36.7 Å². The molecule has 1 aliphatic heterocycles. The van der Waals surface area contributed by atoms with Gasteiger partial charge in [-0.25, -0.2) is 0 Å². The number of rotatable bonds is 8. The molecular weight excluding hydrogens is 380 g/mol. The number of hydrogen-bond acceptors (Lipinski definition) is 4. The fraction of sp³-hybridized carbons (Fsp3) is 0.417. The SMILES string of the molecule is CCC[C@H](NC1COc2ccccc2N(Cc2ccc(C(C)C)cc2)C1=O)C(=O)O. The molecule has 1 aliphatic rings. The highest BCUT2D eigenvalue weighted by molar-refractivity contribution is 5.99. The zero-order chi connectivity index (χ0) is 21.7. The summed E-state index contributed by atoms with van der Waals surface area (Å²) in [5.41, 5.74) is 2.95. The van der Waals surface area contributed by atoms with Crippen LogP contribution >= 0.6 is 0 Å². The molecule has 0 bridgehead atoms. The summed E-state index contributed by atoms with van der Waals surface area (Å²) in [6.45, 7) is 6.69. The van der Waals surface area contributed by atoms with Crippen LogP contribution in [0.2, 0.25) is 0 Å². The summed E-state index contributed by atoms with van der Waals surface area (Å²) in [6.07, 6.45) is 1.15. The maximum atomic E-state index is 13.4. The molecule has 1 amide bonds. The second-order valence-electron chi connectivity index (χ2n) is 8.00. The third-order valence-electron chi connectivity index (χ3n) is 5.39. The lowest BCUT2D eigenvalue weighted by Gasteiger charge is -2.26. The molecule has 0 aromatic heterocycles. The largest absolute Gasteiger partial charge is 0.489 e. The zero-order valence-electron chi connectivity index (χ0n) is 17.8. The number of carbonyl (C=O) groups excluding carboxylic acids is 1. The van der Waals surface area contributed by atoms with Crippen molar-refractivity contribution in [1.29, 1.82) is 0 Å². The normalized spacial score (nSPS) is 17.3. The maximum absolute atomic E-state index is 13.4. The standard InChI is InChI=1S/C24H30N2O4/c1-4-7-19(24(28)29)25-20-15-30-22-9-6-5-8-21(22)26(23(20)27)14-17-10-12-18(13-11-17)16(2)3/h5-6,8-13,16,19-20,25H,4,7,14-15H2,1-3H3,(H,28,29)/t19-,20?/m0/s1. The van der Waals surface area contributed by atoms with Gasteiger partial charge >= 0.3 is 5.97 Å². The number of para-hydroxylation sites is 2. The van der Waals surface area contributed by atoms with Crippen LogP contribution in [0.25, 0.3) is 0 Å². The number of carboxylic acid groups (broad SMARTS) is 1. The number of carbonyl (C=O) groups is 2. The molecule has 0 aliphatic carbocycles. The Morgan fingerprint density at radius 3 is 2.53 bits per heavy atom. The molecule has 1 heterocycles. The lowest BCUT2D eigenvalue weighted by atomic mass is 10.0. The average Bonchev–Trinajstić information content (AvgIpc) is 2.86. The minimum atomic E-state index is -0.956. The highest BCUT2D eigenvalue weighted by Gasteiger charge is 2.34. The molecule has 6 nitrogen and oxygen atoms in total. The van der Waals surface area contributed by atoms with Crippen molar-refractivity contribution in [2.75, 3.05) is 11.5 Å². The Labute approximate surface area is 177 Å². The fourth-order valence-corrected chi connectivity index (χ4v) is 3.64. The van der Waals surface area contributed by atoms with Crippen LogP contribution in [0, 0.1) is 0 Å². The highest BCUT2D eigenvalue weighted by Crippen LogP contribution is 2.32. The lowest BCUT2D eigenvalue weighted by molar-refractivity contribution is -0.140. The summed E-state index contributed by atoms with van der Waals surface area (Å²) >= 11 is 0. The number of anilines is 1. The van der Waals surface area contributed by atoms with Gasteiger partial charge in [0.1, 0.15) is 24.4 Å². The first-order valence-electron chi connectivity index (χ1n) is 10.5. The van der Waals surface area contributed by atoms with Gasteiger partial charge in [0.2, 0.25) is 5.91 Å². The third-order valence-corrected chi connectivity index (χ3v) is 5.39. The fourth-order valence-electron chi connectivity index (χ4n) is 3.64. The Morgan fingerprint density at radius 1 is 1.20 bits per heavy atom. The Bertz CT molecular complexity index is 879. The van der Waals surface area contributed by atoms with E-state index in [1.54, 1.807) is 4.90 Å². The average molecular weight is 411 g/mol. The molecule has 2 N–H and O–H groups in total. The molecule has 6 heteroatoms. The summed E-state index contributed by atoms with van der Waals surface area (Å²) in [6, 6.07) is 14.1. The number of nitrogens with one attached hydrogen (secondary N) is 1. The van der Waals surface area contributed by atoms with Gasteiger partial charge in [-0.2, -0.15) is 0 Å². The number of hydrogen-bond donors (Lipinski definition) is 2. The number of ether oxygens (including phenoxy) is 1. The third kappa shape index (κ3) is 5.00. The van der Waals surface area contributed by atoms with Gasteiger partial charge in [0.25, 0.3) is 0 Å². The van der Waals surface area contributed by atoms with Crippen LogP contribution in [-0.2, 0) is 16.1 Å². The maximum Gasteiger partial charge on any atom is 0.320 e. The van der Waals surface area contributed by atoms with Crippen molar-refractivity contribution < 1.29 is 19.4 Å². The molecule has 0 radical (unpaired) electrons. The Morgan fingerprint density at radius 2 is 1.90 bits per heavy atom. The summed E-state index contributed by atoms with van der Waals surface area (Å²) in [5.74, 6) is -0.0816. The van der Waals surface area contributed by atoms with Crippen LogP contribution in [0.4, 0.5) is 5.69 Å². The van der Waals surface area contributed by atoms with Gasteiger partial charge in [0, 0.05) is 0 Å². The summed E-state index contributed by atoms with van der Waals surface area (Å²) < 4.78 is 5.89. The molecule has 0 saturated carbocycles. The van der Waals surface area contributed by atoms with E-state index in [4.69, 9.17) is 4.74 Å². The molecule has 1 unspecified atom stereocenters. The summed E-state index contributed by atoms with van der Waals surface area (Å²) in [5, 5.41) is 12.5. The van der Waals surface area contributed by atoms with Gasteiger partial charge in [-0.3, -0.25) is 14.9 Å². The molecule has 0 fully saturated rings. The molecule has 2 atom stereocenters. The van der Waals surface area contributed by atoms with E-state index in [-0.39, 0.29) is 12.5 Å². The number of amides is 1. The molecule has 2 aromatic rings. The minimum absolute atomic E-state index is 0.0894. The first-order chi connectivity index (χ1) is 14.4. The van der Waals surface area contributed by atoms with Crippen molar-refractivity contribution in [3.8, 4) is 5.75 Å². The van der Waals surface area contributed by atoms with Crippen LogP contribution in [0.1, 0.15) is 50.7 Å². The molecule has 160 valence electrons. The van der Waals surface area contributed by atoms with Crippen molar-refractivity contribution >= 4 is 17.6 Å². The van der Waals surface area contributed by atoms with E-state index in [0.717, 1.165) is 5.56 Å². The van der Waals surface area contributed by atoms with E-state index >= 15 is 0 Å². The summed E-state index contributed by atoms with van der Waals surface area (Å²) in [7, 11) is 0. The second kappa shape index (κ2) is 9.76. The van der Waals surface area contributed by atoms with Crippen molar-refractivity contribution in [2.45, 2.75) is 58.2 Å². The van der Waals surface area contributed by atoms with Crippen LogP contribution in [0.5, 0.6) is 5.75 Å². The molecule has 30 heavy (non-hydrogen) atoms. The van der Waals surface area contributed by atoms with E-state index in [1.165, 1.54) is 5.56 Å². The Balaban J connectivity index is 1.88. The van der Waals surface area contributed by atoms with Gasteiger partial charge in [-0.05, 0) is 35.6 Å². The molecule has 3 rings (SSSR count). The summed E-state index contributed by atoms with van der Waals surface area (Å²) in [4.78, 5) is 26.7. The Hall–Kier alpha value is -2.86. The van der Waals surface area contributed by atoms with E-state index in [9.17, 15) is 14.7 Å². The predicted octanol–water partition coefficient (Wildman–Crippen LogP) is 3.95. The first-order valence-corrected chi connectivity index (χ1v) is 10.5. The van der Waals surface area contributed by atoms with Crippen LogP contribution in [0.3, 0.4) is 0 Å². The van der Waals surface area contributed by atoms with Gasteiger partial charge in [-0.1, -0.05) is 63.6 Å². The molecule has 2 aromatic carbocycles. The number of carboxylic acids is 1. The van der Waals surface area contributed by atoms with Gasteiger partial charge in [-0.15, -0.1) is 0 Å². The van der Waals surface area contributed by atoms with Crippen LogP contribution in [0.15, 0.2) is 48.5 Å². The van der Waals surface area contributed by atoms with E-state index < -0.39 is 18.1 Å². The number of benzene rings is 2. The first kappa shape index (κ1) is 21.8. The Kier molecular flexibility index (Phi) is 7.11. The van der Waals surface area contributed by atoms with Gasteiger partial charge in [0.05, 0.1) is 12.2 Å². The number of fused-ring (bicyclic) bond motifs is 1. The van der Waals surface area contributed by atoms with E-state index in [2.05, 4.69) is 31.3 Å². The minimum Gasteiger partial charge on any atom is -0.489 e. The molecule has 0 spiro atoms. The van der Waals surface area contributed by atoms with Crippen molar-refractivity contribution in [1.82, 2.24) is 5.32 Å². The highest BCUT2D eigenvalue weighted by atomic mass is 16.5. The van der Waals surface area contributed by atoms with Crippen LogP contribution < -0.4 is 15.0 Å². The predicted molar refractivity (Wildman–Crippen MR) is 117 cm³/mol. The van der Waals surface area contributed by atoms with Crippen LogP contribution in [-0.4, -0.2) is 35.7 Å². The van der Waals surface area contributed by atoms with E-state index in [1.807, 2.05) is 43.3 Å². The number of aliphatic carboxylic acids is 1. The quantitative estimate of drug-likeness (QED) is 0.689. The topological polar surface area (TPSA) is 78.9 Å². The van der Waals surface area contributed by atoms with Crippen molar-refractivity contribution in [2.24, 2.45) is 0 Å². The lowest BCUT2D eigenvalue weighted by Crippen LogP contribution is -2.53.